The van der Waals surface area contributed by atoms with Gasteiger partial charge in [0.15, 0.2) is 5.78 Å². The van der Waals surface area contributed by atoms with Gasteiger partial charge in [0.05, 0.1) is 17.4 Å². The Bertz CT molecular complexity index is 728. The second kappa shape index (κ2) is 4.06. The standard InChI is InChI=1S/C20H28O5/c1-8-7-19-9(2)6-10-12(17(10,3)4)11(14(19)22)15-18(5,25-15)16(23)20(19,24)13(8)21/h7,9-13,15-16,21,23-24H,6H2,1-5H3/t9-,10?,11+,12-,13+,15?,16-,18?,19+,20-/m1/s1. The van der Waals surface area contributed by atoms with E-state index in [1.165, 1.54) is 0 Å². The van der Waals surface area contributed by atoms with Crippen molar-refractivity contribution in [3.63, 3.8) is 0 Å². The van der Waals surface area contributed by atoms with Gasteiger partial charge in [-0.15, -0.1) is 0 Å². The quantitative estimate of drug-likeness (QED) is 0.450. The first-order chi connectivity index (χ1) is 11.5. The fraction of sp³-hybridized carbons (Fsp3) is 0.850. The SMILES string of the molecule is CC1=C[C@]23C(=O)[C@@H](C4OC4(C)[C@@H](O)[C@]2(O)[C@H]1O)[C@H]1C(C[C@H]3C)C1(C)C. The van der Waals surface area contributed by atoms with E-state index in [2.05, 4.69) is 13.8 Å². The molecule has 5 nitrogen and oxygen atoms in total. The molecular weight excluding hydrogens is 320 g/mol. The average molecular weight is 348 g/mol. The van der Waals surface area contributed by atoms with Gasteiger partial charge in [-0.25, -0.2) is 0 Å². The summed E-state index contributed by atoms with van der Waals surface area (Å²) in [5, 5.41) is 33.7. The van der Waals surface area contributed by atoms with Gasteiger partial charge in [0, 0.05) is 0 Å². The lowest BCUT2D eigenvalue weighted by molar-refractivity contribution is -0.208. The minimum atomic E-state index is -1.92. The Balaban J connectivity index is 1.79. The molecule has 5 heteroatoms. The molecule has 1 saturated heterocycles. The lowest BCUT2D eigenvalue weighted by Crippen LogP contribution is -2.67. The maximum absolute atomic E-state index is 13.9. The van der Waals surface area contributed by atoms with Gasteiger partial charge < -0.3 is 20.1 Å². The van der Waals surface area contributed by atoms with Crippen LogP contribution in [0.25, 0.3) is 0 Å². The maximum atomic E-state index is 13.9. The largest absolute Gasteiger partial charge is 0.387 e. The number of rotatable bonds is 0. The maximum Gasteiger partial charge on any atom is 0.152 e. The van der Waals surface area contributed by atoms with Crippen molar-refractivity contribution >= 4 is 5.78 Å². The van der Waals surface area contributed by atoms with Gasteiger partial charge in [-0.05, 0) is 49.0 Å². The lowest BCUT2D eigenvalue weighted by atomic mass is 9.59. The van der Waals surface area contributed by atoms with Gasteiger partial charge in [-0.2, -0.15) is 0 Å². The van der Waals surface area contributed by atoms with Crippen LogP contribution in [-0.4, -0.2) is 50.6 Å². The third kappa shape index (κ3) is 1.41. The molecule has 5 aliphatic rings. The summed E-state index contributed by atoms with van der Waals surface area (Å²) in [6.07, 6.45) is -0.344. The van der Waals surface area contributed by atoms with E-state index in [9.17, 15) is 20.1 Å². The molecule has 4 fully saturated rings. The summed E-state index contributed by atoms with van der Waals surface area (Å²) in [4.78, 5) is 13.9. The van der Waals surface area contributed by atoms with Crippen LogP contribution < -0.4 is 0 Å². The Morgan fingerprint density at radius 2 is 1.88 bits per heavy atom. The zero-order valence-corrected chi connectivity index (χ0v) is 15.5. The van der Waals surface area contributed by atoms with E-state index >= 15 is 0 Å². The molecule has 0 aromatic rings. The Kier molecular flexibility index (Phi) is 2.67. The summed E-state index contributed by atoms with van der Waals surface area (Å²) >= 11 is 0. The molecule has 1 spiro atoms. The third-order valence-corrected chi connectivity index (χ3v) is 8.76. The third-order valence-electron chi connectivity index (χ3n) is 8.76. The van der Waals surface area contributed by atoms with Gasteiger partial charge in [0.2, 0.25) is 0 Å². The van der Waals surface area contributed by atoms with Gasteiger partial charge in [-0.1, -0.05) is 26.8 Å². The highest BCUT2D eigenvalue weighted by molar-refractivity contribution is 5.95. The normalized spacial score (nSPS) is 63.6. The summed E-state index contributed by atoms with van der Waals surface area (Å²) in [5.74, 6) is 0.117. The fourth-order valence-electron chi connectivity index (χ4n) is 7.16. The van der Waals surface area contributed by atoms with Crippen LogP contribution in [0.3, 0.4) is 0 Å². The molecule has 3 saturated carbocycles. The van der Waals surface area contributed by atoms with E-state index in [0.717, 1.165) is 6.42 Å². The molecule has 1 aliphatic heterocycles. The van der Waals surface area contributed by atoms with Crippen molar-refractivity contribution in [1.82, 2.24) is 0 Å². The van der Waals surface area contributed by atoms with Crippen molar-refractivity contribution in [3.8, 4) is 0 Å². The van der Waals surface area contributed by atoms with E-state index < -0.39 is 28.8 Å². The molecule has 3 unspecified atom stereocenters. The van der Waals surface area contributed by atoms with Crippen molar-refractivity contribution in [2.45, 2.75) is 70.6 Å². The molecule has 0 radical (unpaired) electrons. The second-order valence-electron chi connectivity index (χ2n) is 10.1. The van der Waals surface area contributed by atoms with Crippen LogP contribution in [0.4, 0.5) is 0 Å². The number of aliphatic hydroxyl groups is 3. The number of ether oxygens (including phenoxy) is 1. The van der Waals surface area contributed by atoms with E-state index in [4.69, 9.17) is 4.74 Å². The van der Waals surface area contributed by atoms with Gasteiger partial charge in [0.1, 0.15) is 23.4 Å². The minimum absolute atomic E-state index is 0.0400. The van der Waals surface area contributed by atoms with Crippen LogP contribution in [0.5, 0.6) is 0 Å². The molecule has 0 amide bonds. The monoisotopic (exact) mass is 348 g/mol. The average Bonchev–Trinajstić information content (AvgIpc) is 3.35. The minimum Gasteiger partial charge on any atom is -0.387 e. The van der Waals surface area contributed by atoms with Crippen molar-refractivity contribution in [3.05, 3.63) is 11.6 Å². The Morgan fingerprint density at radius 1 is 1.24 bits per heavy atom. The van der Waals surface area contributed by atoms with Crippen LogP contribution in [0.15, 0.2) is 11.6 Å². The molecular formula is C20H28O5. The highest BCUT2D eigenvalue weighted by Crippen LogP contribution is 2.75. The van der Waals surface area contributed by atoms with E-state index in [1.807, 2.05) is 6.92 Å². The highest BCUT2D eigenvalue weighted by atomic mass is 16.6. The number of carbonyl (C=O) groups excluding carboxylic acids is 1. The van der Waals surface area contributed by atoms with Gasteiger partial charge in [0.25, 0.3) is 0 Å². The number of fused-ring (bicyclic) bond motifs is 5. The molecule has 4 aliphatic carbocycles. The number of hydrogen-bond acceptors (Lipinski definition) is 5. The Hall–Kier alpha value is -0.750. The smallest absolute Gasteiger partial charge is 0.152 e. The molecule has 3 N–H and O–H groups in total. The first-order valence-electron chi connectivity index (χ1n) is 9.45. The van der Waals surface area contributed by atoms with Crippen LogP contribution in [-0.2, 0) is 9.53 Å². The van der Waals surface area contributed by atoms with E-state index in [1.54, 1.807) is 19.9 Å². The topological polar surface area (TPSA) is 90.3 Å². The molecule has 138 valence electrons. The van der Waals surface area contributed by atoms with Crippen LogP contribution in [0, 0.1) is 34.5 Å². The zero-order chi connectivity index (χ0) is 18.3. The molecule has 0 aromatic heterocycles. The van der Waals surface area contributed by atoms with Gasteiger partial charge in [-0.3, -0.25) is 4.79 Å². The zero-order valence-electron chi connectivity index (χ0n) is 15.5. The number of Topliss-reactive ketones (excluding diaryl/α,β-unsaturated/α-hetero) is 1. The number of aliphatic hydroxyl groups excluding tert-OH is 2. The molecule has 5 rings (SSSR count). The summed E-state index contributed by atoms with van der Waals surface area (Å²) < 4.78 is 5.88. The summed E-state index contributed by atoms with van der Waals surface area (Å²) in [5.41, 5.74) is -3.49. The summed E-state index contributed by atoms with van der Waals surface area (Å²) in [6, 6.07) is 0. The fourth-order valence-corrected chi connectivity index (χ4v) is 7.16. The first-order valence-corrected chi connectivity index (χ1v) is 9.45. The highest BCUT2D eigenvalue weighted by Gasteiger charge is 2.84. The summed E-state index contributed by atoms with van der Waals surface area (Å²) in [6.45, 7) is 9.91. The van der Waals surface area contributed by atoms with Gasteiger partial charge >= 0.3 is 0 Å². The molecule has 0 aromatic carbocycles. The predicted octanol–water partition coefficient (Wildman–Crippen LogP) is 1.05. The van der Waals surface area contributed by atoms with Crippen molar-refractivity contribution in [2.24, 2.45) is 34.5 Å². The van der Waals surface area contributed by atoms with Crippen LogP contribution in [0.2, 0.25) is 0 Å². The van der Waals surface area contributed by atoms with E-state index in [0.29, 0.717) is 11.5 Å². The number of epoxide rings is 1. The van der Waals surface area contributed by atoms with Crippen molar-refractivity contribution in [1.29, 1.82) is 0 Å². The first kappa shape index (κ1) is 16.4. The van der Waals surface area contributed by atoms with Crippen LogP contribution in [0.1, 0.15) is 41.0 Å². The van der Waals surface area contributed by atoms with E-state index in [-0.39, 0.29) is 35.1 Å². The molecule has 25 heavy (non-hydrogen) atoms. The molecule has 10 atom stereocenters. The van der Waals surface area contributed by atoms with Crippen LogP contribution >= 0.6 is 0 Å². The number of carbonyl (C=O) groups is 1. The Labute approximate surface area is 148 Å². The Morgan fingerprint density at radius 3 is 2.52 bits per heavy atom. The summed E-state index contributed by atoms with van der Waals surface area (Å²) in [7, 11) is 0. The molecule has 1 heterocycles. The second-order valence-corrected chi connectivity index (χ2v) is 10.1. The molecule has 2 bridgehead atoms. The predicted molar refractivity (Wildman–Crippen MR) is 89.5 cm³/mol. The lowest BCUT2D eigenvalue weighted by Gasteiger charge is -2.48. The van der Waals surface area contributed by atoms with Crippen molar-refractivity contribution < 1.29 is 24.9 Å². The number of ketones is 1. The number of hydrogen-bond donors (Lipinski definition) is 3. The van der Waals surface area contributed by atoms with Crippen molar-refractivity contribution in [2.75, 3.05) is 0 Å².